The first kappa shape index (κ1) is 22.8. The molecule has 0 bridgehead atoms. The largest absolute Gasteiger partial charge is 0.490 e. The average Bonchev–Trinajstić information content (AvgIpc) is 2.75. The summed E-state index contributed by atoms with van der Waals surface area (Å²) in [5, 5.41) is 15.6. The van der Waals surface area contributed by atoms with Gasteiger partial charge in [0.15, 0.2) is 11.5 Å². The van der Waals surface area contributed by atoms with Crippen LogP contribution in [-0.2, 0) is 6.61 Å². The number of hydrogen-bond donors (Lipinski definition) is 1. The molecular formula is C22H19ClIN3O4. The fraction of sp³-hybridized carbons (Fsp3) is 0.136. The van der Waals surface area contributed by atoms with Gasteiger partial charge in [-0.15, -0.1) is 0 Å². The highest BCUT2D eigenvalue weighted by atomic mass is 127. The van der Waals surface area contributed by atoms with Gasteiger partial charge in [0.25, 0.3) is 5.69 Å². The molecule has 0 radical (unpaired) electrons. The van der Waals surface area contributed by atoms with E-state index in [1.165, 1.54) is 12.1 Å². The normalized spacial score (nSPS) is 10.8. The van der Waals surface area contributed by atoms with Crippen LogP contribution in [0.3, 0.4) is 0 Å². The molecule has 0 saturated heterocycles. The van der Waals surface area contributed by atoms with Crippen molar-refractivity contribution in [1.29, 1.82) is 0 Å². The van der Waals surface area contributed by atoms with Gasteiger partial charge in [-0.1, -0.05) is 29.8 Å². The number of non-ortho nitro benzene ring substituents is 1. The van der Waals surface area contributed by atoms with Crippen LogP contribution < -0.4 is 14.9 Å². The van der Waals surface area contributed by atoms with Crippen LogP contribution in [0.5, 0.6) is 11.5 Å². The van der Waals surface area contributed by atoms with E-state index in [-0.39, 0.29) is 5.69 Å². The number of benzene rings is 3. The Morgan fingerprint density at radius 2 is 1.90 bits per heavy atom. The zero-order chi connectivity index (χ0) is 22.2. The zero-order valence-corrected chi connectivity index (χ0v) is 19.5. The molecule has 0 amide bonds. The second-order valence-corrected chi connectivity index (χ2v) is 7.89. The first-order valence-electron chi connectivity index (χ1n) is 9.34. The Morgan fingerprint density at radius 1 is 1.16 bits per heavy atom. The summed E-state index contributed by atoms with van der Waals surface area (Å²) in [6.45, 7) is 2.71. The third-order valence-electron chi connectivity index (χ3n) is 4.15. The summed E-state index contributed by atoms with van der Waals surface area (Å²) >= 11 is 8.41. The smallest absolute Gasteiger partial charge is 0.269 e. The SMILES string of the molecule is CCOc1cc(/C=N/Nc2ccc([N+](=O)[O-])cc2)cc(I)c1OCc1ccccc1Cl. The number of nitro benzene ring substituents is 1. The highest BCUT2D eigenvalue weighted by Crippen LogP contribution is 2.35. The first-order chi connectivity index (χ1) is 15.0. The van der Waals surface area contributed by atoms with E-state index >= 15 is 0 Å². The first-order valence-corrected chi connectivity index (χ1v) is 10.8. The number of ether oxygens (including phenoxy) is 2. The summed E-state index contributed by atoms with van der Waals surface area (Å²) in [5.41, 5.74) is 5.22. The molecule has 3 aromatic rings. The zero-order valence-electron chi connectivity index (χ0n) is 16.5. The maximum atomic E-state index is 10.7. The maximum absolute atomic E-state index is 10.7. The fourth-order valence-electron chi connectivity index (χ4n) is 2.67. The van der Waals surface area contributed by atoms with Gasteiger partial charge in [0.05, 0.1) is 27.0 Å². The van der Waals surface area contributed by atoms with Crippen molar-refractivity contribution in [3.05, 3.63) is 90.5 Å². The van der Waals surface area contributed by atoms with E-state index in [0.29, 0.717) is 35.4 Å². The highest BCUT2D eigenvalue weighted by Gasteiger charge is 2.13. The van der Waals surface area contributed by atoms with Gasteiger partial charge >= 0.3 is 0 Å². The molecule has 0 aliphatic heterocycles. The molecule has 0 atom stereocenters. The van der Waals surface area contributed by atoms with Crippen molar-refractivity contribution in [3.63, 3.8) is 0 Å². The summed E-state index contributed by atoms with van der Waals surface area (Å²) < 4.78 is 12.7. The van der Waals surface area contributed by atoms with Crippen molar-refractivity contribution in [2.45, 2.75) is 13.5 Å². The predicted octanol–water partition coefficient (Wildman–Crippen LogP) is 6.28. The topological polar surface area (TPSA) is 86.0 Å². The van der Waals surface area contributed by atoms with Crippen molar-refractivity contribution in [2.75, 3.05) is 12.0 Å². The van der Waals surface area contributed by atoms with Gasteiger partial charge in [-0.05, 0) is 65.4 Å². The van der Waals surface area contributed by atoms with Crippen LogP contribution in [0.15, 0.2) is 65.8 Å². The molecule has 0 aliphatic rings. The van der Waals surface area contributed by atoms with Gasteiger partial charge in [-0.2, -0.15) is 5.10 Å². The fourth-order valence-corrected chi connectivity index (χ4v) is 3.64. The standard InChI is InChI=1S/C22H19ClIN3O4/c1-2-30-21-12-15(13-25-26-17-7-9-18(10-8-17)27(28)29)11-20(24)22(21)31-14-16-5-3-4-6-19(16)23/h3-13,26H,2,14H2,1H3/b25-13+. The van der Waals surface area contributed by atoms with Crippen molar-refractivity contribution in [1.82, 2.24) is 0 Å². The van der Waals surface area contributed by atoms with Crippen LogP contribution >= 0.6 is 34.2 Å². The highest BCUT2D eigenvalue weighted by molar-refractivity contribution is 14.1. The number of halogens is 2. The monoisotopic (exact) mass is 551 g/mol. The molecule has 0 unspecified atom stereocenters. The Hall–Kier alpha value is -2.85. The molecule has 31 heavy (non-hydrogen) atoms. The Balaban J connectivity index is 1.73. The minimum atomic E-state index is -0.445. The molecule has 0 heterocycles. The number of hydrogen-bond acceptors (Lipinski definition) is 6. The van der Waals surface area contributed by atoms with E-state index in [9.17, 15) is 10.1 Å². The maximum Gasteiger partial charge on any atom is 0.269 e. The molecule has 3 rings (SSSR count). The Labute approximate surface area is 198 Å². The Bertz CT molecular complexity index is 1090. The van der Waals surface area contributed by atoms with Gasteiger partial charge in [0, 0.05) is 22.7 Å². The molecular weight excluding hydrogens is 533 g/mol. The molecule has 0 fully saturated rings. The lowest BCUT2D eigenvalue weighted by Gasteiger charge is -2.15. The molecule has 7 nitrogen and oxygen atoms in total. The second-order valence-electron chi connectivity index (χ2n) is 6.32. The summed E-state index contributed by atoms with van der Waals surface area (Å²) in [6.07, 6.45) is 1.64. The molecule has 0 spiro atoms. The number of rotatable bonds is 9. The molecule has 160 valence electrons. The molecule has 0 saturated carbocycles. The Morgan fingerprint density at radius 3 is 2.58 bits per heavy atom. The lowest BCUT2D eigenvalue weighted by atomic mass is 10.2. The number of nitrogens with one attached hydrogen (secondary N) is 1. The van der Waals surface area contributed by atoms with Gasteiger partial charge in [-0.25, -0.2) is 0 Å². The van der Waals surface area contributed by atoms with Crippen LogP contribution in [0, 0.1) is 13.7 Å². The van der Waals surface area contributed by atoms with Gasteiger partial charge in [0.1, 0.15) is 6.61 Å². The lowest BCUT2D eigenvalue weighted by molar-refractivity contribution is -0.384. The third kappa shape index (κ3) is 6.31. The summed E-state index contributed by atoms with van der Waals surface area (Å²) in [4.78, 5) is 10.3. The van der Waals surface area contributed by atoms with Gasteiger partial charge < -0.3 is 9.47 Å². The van der Waals surface area contributed by atoms with E-state index < -0.39 is 4.92 Å². The summed E-state index contributed by atoms with van der Waals surface area (Å²) in [5.74, 6) is 1.25. The lowest BCUT2D eigenvalue weighted by Crippen LogP contribution is -2.03. The molecule has 3 aromatic carbocycles. The van der Waals surface area contributed by atoms with E-state index in [2.05, 4.69) is 33.1 Å². The summed E-state index contributed by atoms with van der Waals surface area (Å²) in [7, 11) is 0. The van der Waals surface area contributed by atoms with Crippen LogP contribution in [0.2, 0.25) is 5.02 Å². The second kappa shape index (κ2) is 11.0. The summed E-state index contributed by atoms with van der Waals surface area (Å²) in [6, 6.07) is 17.3. The average molecular weight is 552 g/mol. The van der Waals surface area contributed by atoms with E-state index in [1.807, 2.05) is 43.3 Å². The van der Waals surface area contributed by atoms with Gasteiger partial charge in [-0.3, -0.25) is 15.5 Å². The number of nitro groups is 1. The predicted molar refractivity (Wildman–Crippen MR) is 130 cm³/mol. The molecule has 1 N–H and O–H groups in total. The van der Waals surface area contributed by atoms with Crippen molar-refractivity contribution < 1.29 is 14.4 Å². The molecule has 9 heteroatoms. The van der Waals surface area contributed by atoms with Crippen LogP contribution in [-0.4, -0.2) is 17.7 Å². The minimum absolute atomic E-state index is 0.0258. The number of anilines is 1. The van der Waals surface area contributed by atoms with E-state index in [0.717, 1.165) is 14.7 Å². The number of hydrazone groups is 1. The van der Waals surface area contributed by atoms with Crippen LogP contribution in [0.4, 0.5) is 11.4 Å². The minimum Gasteiger partial charge on any atom is -0.490 e. The molecule has 0 aliphatic carbocycles. The molecule has 0 aromatic heterocycles. The van der Waals surface area contributed by atoms with E-state index in [1.54, 1.807) is 18.3 Å². The Kier molecular flexibility index (Phi) is 8.07. The third-order valence-corrected chi connectivity index (χ3v) is 5.32. The van der Waals surface area contributed by atoms with Gasteiger partial charge in [0.2, 0.25) is 0 Å². The number of nitrogens with zero attached hydrogens (tertiary/aromatic N) is 2. The van der Waals surface area contributed by atoms with Crippen molar-refractivity contribution in [3.8, 4) is 11.5 Å². The van der Waals surface area contributed by atoms with Crippen molar-refractivity contribution in [2.24, 2.45) is 5.10 Å². The quantitative estimate of drug-likeness (QED) is 0.146. The van der Waals surface area contributed by atoms with E-state index in [4.69, 9.17) is 21.1 Å². The van der Waals surface area contributed by atoms with Crippen LogP contribution in [0.1, 0.15) is 18.1 Å². The van der Waals surface area contributed by atoms with Crippen LogP contribution in [0.25, 0.3) is 0 Å². The van der Waals surface area contributed by atoms with Crippen molar-refractivity contribution >= 4 is 51.8 Å².